The molecule has 0 radical (unpaired) electrons. The molecule has 3 heteroatoms. The van der Waals surface area contributed by atoms with E-state index in [1.807, 2.05) is 97.9 Å². The molecule has 3 aromatic carbocycles. The molecule has 0 fully saturated rings. The average molecular weight is 330 g/mol. The Bertz CT molecular complexity index is 760. The van der Waals surface area contributed by atoms with Gasteiger partial charge >= 0.3 is 0 Å². The van der Waals surface area contributed by atoms with Crippen molar-refractivity contribution in [3.63, 3.8) is 0 Å². The van der Waals surface area contributed by atoms with Crippen LogP contribution in [0.1, 0.15) is 12.5 Å². The van der Waals surface area contributed by atoms with Gasteiger partial charge in [0.2, 0.25) is 5.91 Å². The summed E-state index contributed by atoms with van der Waals surface area (Å²) >= 11 is 0. The Balaban J connectivity index is 1.86. The van der Waals surface area contributed by atoms with E-state index < -0.39 is 5.54 Å². The van der Waals surface area contributed by atoms with Crippen LogP contribution in [0.5, 0.6) is 0 Å². The third kappa shape index (κ3) is 4.48. The highest BCUT2D eigenvalue weighted by molar-refractivity contribution is 6.00. The average Bonchev–Trinajstić information content (AvgIpc) is 2.64. The molecule has 0 aliphatic rings. The van der Waals surface area contributed by atoms with Crippen molar-refractivity contribution in [2.45, 2.75) is 18.9 Å². The molecule has 0 unspecified atom stereocenters. The first-order valence-electron chi connectivity index (χ1n) is 8.39. The monoisotopic (exact) mass is 330 g/mol. The van der Waals surface area contributed by atoms with Crippen LogP contribution in [0.2, 0.25) is 0 Å². The highest BCUT2D eigenvalue weighted by Crippen LogP contribution is 2.22. The van der Waals surface area contributed by atoms with Gasteiger partial charge < -0.3 is 10.6 Å². The Labute approximate surface area is 148 Å². The van der Waals surface area contributed by atoms with Gasteiger partial charge in [0.1, 0.15) is 5.54 Å². The van der Waals surface area contributed by atoms with Gasteiger partial charge in [-0.2, -0.15) is 0 Å². The van der Waals surface area contributed by atoms with Crippen LogP contribution in [0.4, 0.5) is 11.4 Å². The second-order valence-corrected chi connectivity index (χ2v) is 6.31. The van der Waals surface area contributed by atoms with E-state index in [0.717, 1.165) is 16.9 Å². The molecule has 0 spiro atoms. The second-order valence-electron chi connectivity index (χ2n) is 6.31. The molecular formula is C22H22N2O. The summed E-state index contributed by atoms with van der Waals surface area (Å²) in [5, 5.41) is 6.43. The van der Waals surface area contributed by atoms with Crippen LogP contribution in [-0.2, 0) is 11.2 Å². The Morgan fingerprint density at radius 1 is 0.760 bits per heavy atom. The number of carbonyl (C=O) groups excluding carboxylic acids is 1. The first-order valence-corrected chi connectivity index (χ1v) is 8.39. The summed E-state index contributed by atoms with van der Waals surface area (Å²) in [4.78, 5) is 13.1. The molecule has 1 amide bonds. The fraction of sp³-hybridized carbons (Fsp3) is 0.136. The highest BCUT2D eigenvalue weighted by atomic mass is 16.2. The quantitative estimate of drug-likeness (QED) is 0.685. The lowest BCUT2D eigenvalue weighted by Crippen LogP contribution is -2.49. The van der Waals surface area contributed by atoms with Crippen molar-refractivity contribution in [2.24, 2.45) is 0 Å². The molecule has 0 heterocycles. The Kier molecular flexibility index (Phi) is 5.14. The number of amides is 1. The number of benzene rings is 3. The molecule has 3 rings (SSSR count). The Morgan fingerprint density at radius 2 is 1.24 bits per heavy atom. The second kappa shape index (κ2) is 7.67. The predicted molar refractivity (Wildman–Crippen MR) is 104 cm³/mol. The summed E-state index contributed by atoms with van der Waals surface area (Å²) < 4.78 is 0. The number of anilines is 2. The van der Waals surface area contributed by atoms with Crippen LogP contribution in [0.3, 0.4) is 0 Å². The molecular weight excluding hydrogens is 308 g/mol. The van der Waals surface area contributed by atoms with Gasteiger partial charge in [-0.05, 0) is 36.8 Å². The van der Waals surface area contributed by atoms with E-state index in [1.165, 1.54) is 0 Å². The normalized spacial score (nSPS) is 12.8. The standard InChI is InChI=1S/C22H22N2O/c1-22(17-18-11-5-2-6-12-18,24-20-15-9-4-10-16-20)21(25)23-19-13-7-3-8-14-19/h2-16,24H,17H2,1H3,(H,23,25)/t22-/m0/s1. The zero-order valence-electron chi connectivity index (χ0n) is 14.3. The van der Waals surface area contributed by atoms with Gasteiger partial charge in [-0.25, -0.2) is 0 Å². The van der Waals surface area contributed by atoms with Crippen molar-refractivity contribution in [3.8, 4) is 0 Å². The maximum atomic E-state index is 13.1. The van der Waals surface area contributed by atoms with Gasteiger partial charge in [0, 0.05) is 17.8 Å². The smallest absolute Gasteiger partial charge is 0.250 e. The first-order chi connectivity index (χ1) is 12.2. The van der Waals surface area contributed by atoms with Crippen LogP contribution in [0, 0.1) is 0 Å². The SMILES string of the molecule is C[C@@](Cc1ccccc1)(Nc1ccccc1)C(=O)Nc1ccccc1. The van der Waals surface area contributed by atoms with Crippen molar-refractivity contribution >= 4 is 17.3 Å². The molecule has 3 nitrogen and oxygen atoms in total. The van der Waals surface area contributed by atoms with Crippen molar-refractivity contribution < 1.29 is 4.79 Å². The van der Waals surface area contributed by atoms with Gasteiger partial charge in [0.25, 0.3) is 0 Å². The number of hydrogen-bond donors (Lipinski definition) is 2. The van der Waals surface area contributed by atoms with Crippen LogP contribution >= 0.6 is 0 Å². The van der Waals surface area contributed by atoms with E-state index in [-0.39, 0.29) is 5.91 Å². The van der Waals surface area contributed by atoms with Crippen molar-refractivity contribution in [1.29, 1.82) is 0 Å². The van der Waals surface area contributed by atoms with E-state index >= 15 is 0 Å². The number of para-hydroxylation sites is 2. The van der Waals surface area contributed by atoms with Gasteiger partial charge in [0.05, 0.1) is 0 Å². The van der Waals surface area contributed by atoms with Crippen molar-refractivity contribution in [2.75, 3.05) is 10.6 Å². The largest absolute Gasteiger partial charge is 0.371 e. The highest BCUT2D eigenvalue weighted by Gasteiger charge is 2.33. The summed E-state index contributed by atoms with van der Waals surface area (Å²) in [6, 6.07) is 29.4. The summed E-state index contributed by atoms with van der Waals surface area (Å²) in [7, 11) is 0. The van der Waals surface area contributed by atoms with Gasteiger partial charge in [-0.15, -0.1) is 0 Å². The third-order valence-corrected chi connectivity index (χ3v) is 4.13. The van der Waals surface area contributed by atoms with Gasteiger partial charge in [0.15, 0.2) is 0 Å². The maximum Gasteiger partial charge on any atom is 0.250 e. The van der Waals surface area contributed by atoms with Crippen molar-refractivity contribution in [3.05, 3.63) is 96.6 Å². The molecule has 126 valence electrons. The molecule has 1 atom stereocenters. The Morgan fingerprint density at radius 3 is 1.80 bits per heavy atom. The fourth-order valence-electron chi connectivity index (χ4n) is 2.82. The number of rotatable bonds is 6. The number of nitrogens with one attached hydrogen (secondary N) is 2. The molecule has 25 heavy (non-hydrogen) atoms. The predicted octanol–water partition coefficient (Wildman–Crippen LogP) is 4.74. The van der Waals surface area contributed by atoms with E-state index in [4.69, 9.17) is 0 Å². The molecule has 0 aromatic heterocycles. The summed E-state index contributed by atoms with van der Waals surface area (Å²) in [6.45, 7) is 1.94. The third-order valence-electron chi connectivity index (χ3n) is 4.13. The van der Waals surface area contributed by atoms with Gasteiger partial charge in [-0.1, -0.05) is 66.7 Å². The summed E-state index contributed by atoms with van der Waals surface area (Å²) in [5.74, 6) is -0.0635. The maximum absolute atomic E-state index is 13.1. The Hall–Kier alpha value is -3.07. The van der Waals surface area contributed by atoms with E-state index in [0.29, 0.717) is 6.42 Å². The van der Waals surface area contributed by atoms with Crippen LogP contribution in [0.25, 0.3) is 0 Å². The zero-order chi connectivity index (χ0) is 17.5. The number of hydrogen-bond acceptors (Lipinski definition) is 2. The lowest BCUT2D eigenvalue weighted by Gasteiger charge is -2.31. The van der Waals surface area contributed by atoms with E-state index in [2.05, 4.69) is 10.6 Å². The van der Waals surface area contributed by atoms with E-state index in [9.17, 15) is 4.79 Å². The minimum atomic E-state index is -0.779. The molecule has 2 N–H and O–H groups in total. The zero-order valence-corrected chi connectivity index (χ0v) is 14.3. The molecule has 0 bridgehead atoms. The van der Waals surface area contributed by atoms with Crippen molar-refractivity contribution in [1.82, 2.24) is 0 Å². The first kappa shape index (κ1) is 16.8. The van der Waals surface area contributed by atoms with E-state index in [1.54, 1.807) is 0 Å². The lowest BCUT2D eigenvalue weighted by molar-refractivity contribution is -0.119. The number of carbonyl (C=O) groups is 1. The molecule has 3 aromatic rings. The van der Waals surface area contributed by atoms with Crippen LogP contribution in [0.15, 0.2) is 91.0 Å². The van der Waals surface area contributed by atoms with Crippen LogP contribution < -0.4 is 10.6 Å². The fourth-order valence-corrected chi connectivity index (χ4v) is 2.82. The summed E-state index contributed by atoms with van der Waals surface area (Å²) in [6.07, 6.45) is 0.585. The molecule has 0 saturated heterocycles. The molecule has 0 saturated carbocycles. The topological polar surface area (TPSA) is 41.1 Å². The van der Waals surface area contributed by atoms with Gasteiger partial charge in [-0.3, -0.25) is 4.79 Å². The minimum absolute atomic E-state index is 0.0635. The minimum Gasteiger partial charge on any atom is -0.371 e. The molecule has 0 aliphatic carbocycles. The molecule has 0 aliphatic heterocycles. The van der Waals surface area contributed by atoms with Crippen LogP contribution in [-0.4, -0.2) is 11.4 Å². The lowest BCUT2D eigenvalue weighted by atomic mass is 9.91. The summed E-state index contributed by atoms with van der Waals surface area (Å²) in [5.41, 5.74) is 2.04.